The lowest BCUT2D eigenvalue weighted by atomic mass is 9.47. The van der Waals surface area contributed by atoms with Crippen LogP contribution >= 0.6 is 0 Å². The van der Waals surface area contributed by atoms with Gasteiger partial charge in [0.05, 0.1) is 28.2 Å². The molecule has 0 bridgehead atoms. The number of aromatic nitrogens is 3. The predicted molar refractivity (Wildman–Crippen MR) is 235 cm³/mol. The lowest BCUT2D eigenvalue weighted by molar-refractivity contribution is 0.477. The average molecular weight is 740 g/mol. The molecule has 0 spiro atoms. The quantitative estimate of drug-likeness (QED) is 0.165. The summed E-state index contributed by atoms with van der Waals surface area (Å²) in [6.07, 6.45) is 10.7. The minimum absolute atomic E-state index is 0.196. The van der Waals surface area contributed by atoms with Crippen molar-refractivity contribution in [1.82, 2.24) is 19.3 Å². The molecule has 0 atom stereocenters. The summed E-state index contributed by atoms with van der Waals surface area (Å²) in [5, 5.41) is 11.6. The van der Waals surface area contributed by atoms with Crippen LogP contribution in [0, 0.1) is 0 Å². The van der Waals surface area contributed by atoms with Crippen molar-refractivity contribution in [3.8, 4) is 45.2 Å². The van der Waals surface area contributed by atoms with Gasteiger partial charge in [0.25, 0.3) is 0 Å². The van der Waals surface area contributed by atoms with Crippen LogP contribution in [0.1, 0.15) is 56.4 Å². The number of aromatic hydroxyl groups is 1. The number of rotatable bonds is 7. The Balaban J connectivity index is 1.30. The van der Waals surface area contributed by atoms with Crippen molar-refractivity contribution in [2.24, 2.45) is 0 Å². The molecule has 57 heavy (non-hydrogen) atoms. The van der Waals surface area contributed by atoms with Crippen LogP contribution in [-0.4, -0.2) is 31.3 Å². The highest BCUT2D eigenvalue weighted by atomic mass is 16.3. The third-order valence-electron chi connectivity index (χ3n) is 11.4. The molecule has 2 aromatic heterocycles. The normalized spacial score (nSPS) is 14.0. The predicted octanol–water partition coefficient (Wildman–Crippen LogP) is 10.5. The maximum Gasteiger partial charge on any atom is 0.354 e. The Kier molecular flexibility index (Phi) is 8.33. The molecule has 10 rings (SSSR count). The average Bonchev–Trinajstić information content (AvgIpc) is 3.62. The van der Waals surface area contributed by atoms with E-state index in [1.807, 2.05) is 36.5 Å². The molecule has 276 valence electrons. The first kappa shape index (κ1) is 34.6. The molecule has 5 aromatic carbocycles. The number of fused-ring (bicyclic) bond motifs is 4. The van der Waals surface area contributed by atoms with Crippen molar-refractivity contribution in [2.75, 3.05) is 4.90 Å². The van der Waals surface area contributed by atoms with Gasteiger partial charge >= 0.3 is 6.85 Å². The second-order valence-corrected chi connectivity index (χ2v) is 15.6. The monoisotopic (exact) mass is 739 g/mol. The molecule has 7 heteroatoms. The smallest absolute Gasteiger partial charge is 0.354 e. The van der Waals surface area contributed by atoms with Crippen molar-refractivity contribution in [1.29, 1.82) is 0 Å². The van der Waals surface area contributed by atoms with E-state index in [0.717, 1.165) is 56.6 Å². The molecule has 0 amide bonds. The van der Waals surface area contributed by atoms with E-state index in [2.05, 4.69) is 163 Å². The number of anilines is 2. The molecule has 6 nitrogen and oxygen atoms in total. The topological polar surface area (TPSA) is 57.4 Å². The Morgan fingerprint density at radius 1 is 0.684 bits per heavy atom. The summed E-state index contributed by atoms with van der Waals surface area (Å²) in [7, 11) is 0. The fraction of sp³-hybridized carbons (Fsp3) is 0.120. The lowest BCUT2D eigenvalue weighted by Gasteiger charge is -2.48. The van der Waals surface area contributed by atoms with Gasteiger partial charge in [-0.3, -0.25) is 14.5 Å². The number of nitrogens with zero attached hydrogens (tertiary/aromatic N) is 5. The number of phenols is 1. The summed E-state index contributed by atoms with van der Waals surface area (Å²) >= 11 is 0. The molecular weight excluding hydrogens is 697 g/mol. The van der Waals surface area contributed by atoms with Crippen LogP contribution in [0.3, 0.4) is 0 Å². The highest BCUT2D eigenvalue weighted by Crippen LogP contribution is 2.45. The summed E-state index contributed by atoms with van der Waals surface area (Å²) in [4.78, 5) is 15.2. The van der Waals surface area contributed by atoms with Gasteiger partial charge in [0.2, 0.25) is 0 Å². The lowest BCUT2D eigenvalue weighted by Crippen LogP contribution is -2.64. The summed E-state index contributed by atoms with van der Waals surface area (Å²) in [5.41, 5.74) is 14.9. The van der Waals surface area contributed by atoms with Gasteiger partial charge < -0.3 is 9.92 Å². The zero-order chi connectivity index (χ0) is 38.8. The summed E-state index contributed by atoms with van der Waals surface area (Å²) in [5.74, 6) is 2.36. The Morgan fingerprint density at radius 3 is 2.09 bits per heavy atom. The first-order valence-corrected chi connectivity index (χ1v) is 19.8. The third-order valence-corrected chi connectivity index (χ3v) is 11.4. The minimum Gasteiger partial charge on any atom is -0.507 e. The van der Waals surface area contributed by atoms with Gasteiger partial charge in [0.15, 0.2) is 0 Å². The molecule has 0 saturated heterocycles. The van der Waals surface area contributed by atoms with Gasteiger partial charge in [0.1, 0.15) is 17.4 Å². The minimum atomic E-state index is -0.269. The summed E-state index contributed by atoms with van der Waals surface area (Å²) in [6, 6.07) is 46.3. The Morgan fingerprint density at radius 2 is 1.39 bits per heavy atom. The second kappa shape index (κ2) is 13.7. The number of hydrogen-bond donors (Lipinski definition) is 1. The van der Waals surface area contributed by atoms with Gasteiger partial charge in [-0.1, -0.05) is 113 Å². The molecule has 7 aromatic rings. The van der Waals surface area contributed by atoms with E-state index in [-0.39, 0.29) is 24.4 Å². The van der Waals surface area contributed by atoms with Crippen LogP contribution in [0.4, 0.5) is 11.4 Å². The molecule has 0 fully saturated rings. The van der Waals surface area contributed by atoms with Crippen molar-refractivity contribution < 1.29 is 5.11 Å². The van der Waals surface area contributed by atoms with E-state index < -0.39 is 0 Å². The molecular formula is C50H42BN5O. The number of para-hydroxylation sites is 2. The molecule has 1 N–H and O–H groups in total. The van der Waals surface area contributed by atoms with Crippen molar-refractivity contribution in [3.63, 3.8) is 0 Å². The number of hydrogen-bond acceptors (Lipinski definition) is 5. The van der Waals surface area contributed by atoms with Crippen LogP contribution in [0.25, 0.3) is 45.5 Å². The van der Waals surface area contributed by atoms with E-state index in [1.165, 1.54) is 22.3 Å². The van der Waals surface area contributed by atoms with Gasteiger partial charge in [0, 0.05) is 23.3 Å². The first-order chi connectivity index (χ1) is 27.9. The van der Waals surface area contributed by atoms with Gasteiger partial charge in [-0.2, -0.15) is 0 Å². The highest BCUT2D eigenvalue weighted by molar-refractivity contribution is 6.85. The number of allylic oxidation sites excluding steroid dienone is 3. The molecule has 0 unspecified atom stereocenters. The van der Waals surface area contributed by atoms with Crippen molar-refractivity contribution in [2.45, 2.75) is 39.5 Å². The number of benzene rings is 5. The maximum atomic E-state index is 11.6. The maximum absolute atomic E-state index is 11.6. The fourth-order valence-corrected chi connectivity index (χ4v) is 8.77. The highest BCUT2D eigenvalue weighted by Gasteiger charge is 2.47. The van der Waals surface area contributed by atoms with Crippen molar-refractivity contribution >= 4 is 35.4 Å². The molecule has 3 aliphatic heterocycles. The summed E-state index contributed by atoms with van der Waals surface area (Å²) < 4.78 is 2.35. The molecule has 5 heterocycles. The van der Waals surface area contributed by atoms with E-state index in [0.29, 0.717) is 11.4 Å². The summed E-state index contributed by atoms with van der Waals surface area (Å²) in [6.45, 7) is 8.83. The van der Waals surface area contributed by atoms with Crippen LogP contribution < -0.4 is 16.0 Å². The first-order valence-electron chi connectivity index (χ1n) is 19.8. The molecule has 0 aliphatic carbocycles. The largest absolute Gasteiger partial charge is 0.507 e. The van der Waals surface area contributed by atoms with E-state index in [9.17, 15) is 5.11 Å². The van der Waals surface area contributed by atoms with Gasteiger partial charge in [-0.15, -0.1) is 0 Å². The number of imidazole rings is 1. The van der Waals surface area contributed by atoms with Gasteiger partial charge in [-0.25, -0.2) is 4.98 Å². The van der Waals surface area contributed by atoms with E-state index >= 15 is 0 Å². The Bertz CT molecular complexity index is 2740. The Labute approximate surface area is 334 Å². The zero-order valence-corrected chi connectivity index (χ0v) is 32.5. The van der Waals surface area contributed by atoms with E-state index in [4.69, 9.17) is 9.97 Å². The third kappa shape index (κ3) is 5.64. The number of phenolic OH excluding ortho intramolecular Hbond substituents is 1. The van der Waals surface area contributed by atoms with Gasteiger partial charge in [-0.05, 0) is 118 Å². The molecule has 0 saturated carbocycles. The molecule has 0 radical (unpaired) electrons. The molecule has 3 aliphatic rings. The Hall–Kier alpha value is -6.86. The second-order valence-electron chi connectivity index (χ2n) is 15.6. The van der Waals surface area contributed by atoms with E-state index in [1.54, 1.807) is 6.07 Å². The number of pyridine rings is 1. The van der Waals surface area contributed by atoms with Crippen LogP contribution in [0.2, 0.25) is 0 Å². The van der Waals surface area contributed by atoms with Crippen molar-refractivity contribution in [3.05, 3.63) is 186 Å². The fourth-order valence-electron chi connectivity index (χ4n) is 8.77. The van der Waals surface area contributed by atoms with Crippen LogP contribution in [-0.2, 0) is 0 Å². The van der Waals surface area contributed by atoms with Crippen LogP contribution in [0.15, 0.2) is 169 Å². The standard InChI is InChI=1S/C50H42BN5O/c1-32(2)40-28-36(34-16-7-5-8-17-34)29-41(33(3)4)48(40)55-45-31-38-20-15-24-47-54(37-18-9-6-10-19-37)44-26-25-35(43-22-13-14-27-52-43)30-42(44)51(56(38)47)49(45)53-50(55)39-21-11-12-23-46(39)57/h5-33,57H,1-4H3. The zero-order valence-electron chi connectivity index (χ0n) is 32.5. The van der Waals surface area contributed by atoms with Crippen LogP contribution in [0.5, 0.6) is 5.75 Å². The SMILES string of the molecule is CC(C)c1cc(-c2ccccc2)cc(C(C)C)c1-n1c(-c2ccccc2O)nc2c1C=C1C=CC=C3N1B2c1cc(-c2ccccn2)ccc1N3c1ccccc1.